The Morgan fingerprint density at radius 2 is 1.77 bits per heavy atom. The van der Waals surface area contributed by atoms with Crippen LogP contribution in [0.3, 0.4) is 0 Å². The number of amides is 1. The number of aryl methyl sites for hydroxylation is 2. The van der Waals surface area contributed by atoms with Gasteiger partial charge in [0.15, 0.2) is 6.61 Å². The van der Waals surface area contributed by atoms with Crippen LogP contribution in [0.25, 0.3) is 0 Å². The SMILES string of the molecule is Cc1ccc(OCC(=O)NCC(c2ccccc2Cl)N2CCCCCC2)cc1C.Cl. The molecule has 1 aliphatic heterocycles. The normalized spacial score (nSPS) is 15.6. The van der Waals surface area contributed by atoms with E-state index in [0.717, 1.165) is 35.0 Å². The maximum atomic E-state index is 12.5. The summed E-state index contributed by atoms with van der Waals surface area (Å²) in [6.45, 7) is 6.70. The number of halogens is 2. The number of nitrogens with zero attached hydrogens (tertiary/aromatic N) is 1. The average Bonchev–Trinajstić information content (AvgIpc) is 3.00. The number of carbonyl (C=O) groups excluding carboxylic acids is 1. The molecule has 1 aliphatic rings. The first-order valence-electron chi connectivity index (χ1n) is 10.5. The molecule has 1 saturated heterocycles. The second kappa shape index (κ2) is 12.2. The Morgan fingerprint density at radius 3 is 2.43 bits per heavy atom. The smallest absolute Gasteiger partial charge is 0.258 e. The zero-order valence-electron chi connectivity index (χ0n) is 17.8. The number of hydrogen-bond donors (Lipinski definition) is 1. The van der Waals surface area contributed by atoms with Crippen molar-refractivity contribution >= 4 is 29.9 Å². The number of carbonyl (C=O) groups is 1. The first-order valence-corrected chi connectivity index (χ1v) is 10.9. The van der Waals surface area contributed by atoms with Crippen molar-refractivity contribution in [3.8, 4) is 5.75 Å². The molecule has 6 heteroatoms. The number of likely N-dealkylation sites (tertiary alicyclic amines) is 1. The van der Waals surface area contributed by atoms with Crippen molar-refractivity contribution in [3.05, 3.63) is 64.2 Å². The topological polar surface area (TPSA) is 41.6 Å². The molecule has 4 nitrogen and oxygen atoms in total. The Morgan fingerprint density at radius 1 is 1.07 bits per heavy atom. The van der Waals surface area contributed by atoms with E-state index in [0.29, 0.717) is 6.54 Å². The van der Waals surface area contributed by atoms with Crippen LogP contribution in [0.4, 0.5) is 0 Å². The van der Waals surface area contributed by atoms with E-state index in [1.807, 2.05) is 43.3 Å². The van der Waals surface area contributed by atoms with E-state index in [1.165, 1.54) is 31.2 Å². The first kappa shape index (κ1) is 24.5. The summed E-state index contributed by atoms with van der Waals surface area (Å²) in [6, 6.07) is 13.9. The molecule has 0 aliphatic carbocycles. The third kappa shape index (κ3) is 6.90. The van der Waals surface area contributed by atoms with Crippen LogP contribution in [-0.4, -0.2) is 37.0 Å². The average molecular weight is 451 g/mol. The minimum atomic E-state index is -0.116. The Kier molecular flexibility index (Phi) is 9.96. The Balaban J connectivity index is 0.00000320. The van der Waals surface area contributed by atoms with Crippen molar-refractivity contribution in [2.24, 2.45) is 0 Å². The summed E-state index contributed by atoms with van der Waals surface area (Å²) in [4.78, 5) is 14.9. The molecule has 0 saturated carbocycles. The van der Waals surface area contributed by atoms with Gasteiger partial charge < -0.3 is 10.1 Å². The third-order valence-corrected chi connectivity index (χ3v) is 6.03. The van der Waals surface area contributed by atoms with Crippen molar-refractivity contribution in [1.29, 1.82) is 0 Å². The summed E-state index contributed by atoms with van der Waals surface area (Å²) in [5.74, 6) is 0.605. The molecule has 164 valence electrons. The highest BCUT2D eigenvalue weighted by Crippen LogP contribution is 2.29. The standard InChI is InChI=1S/C24H31ClN2O2.ClH/c1-18-11-12-20(15-19(18)2)29-17-24(28)26-16-23(21-9-5-6-10-22(21)25)27-13-7-3-4-8-14-27;/h5-6,9-12,15,23H,3-4,7-8,13-14,16-17H2,1-2H3,(H,26,28);1H. The number of hydrogen-bond acceptors (Lipinski definition) is 3. The zero-order valence-corrected chi connectivity index (χ0v) is 19.4. The monoisotopic (exact) mass is 450 g/mol. The molecule has 30 heavy (non-hydrogen) atoms. The summed E-state index contributed by atoms with van der Waals surface area (Å²) in [7, 11) is 0. The van der Waals surface area contributed by atoms with Crippen molar-refractivity contribution in [2.75, 3.05) is 26.2 Å². The Labute approximate surface area is 191 Å². The van der Waals surface area contributed by atoms with Gasteiger partial charge in [-0.25, -0.2) is 0 Å². The van der Waals surface area contributed by atoms with Crippen molar-refractivity contribution in [3.63, 3.8) is 0 Å². The van der Waals surface area contributed by atoms with E-state index in [4.69, 9.17) is 16.3 Å². The van der Waals surface area contributed by atoms with Crippen LogP contribution in [0.2, 0.25) is 5.02 Å². The van der Waals surface area contributed by atoms with Crippen LogP contribution in [0.5, 0.6) is 5.75 Å². The lowest BCUT2D eigenvalue weighted by atomic mass is 10.0. The van der Waals surface area contributed by atoms with Crippen molar-refractivity contribution < 1.29 is 9.53 Å². The molecule has 1 amide bonds. The van der Waals surface area contributed by atoms with E-state index in [9.17, 15) is 4.79 Å². The van der Waals surface area contributed by atoms with E-state index in [1.54, 1.807) is 0 Å². The van der Waals surface area contributed by atoms with Crippen LogP contribution in [0.15, 0.2) is 42.5 Å². The minimum absolute atomic E-state index is 0. The molecule has 0 aromatic heterocycles. The zero-order chi connectivity index (χ0) is 20.6. The highest BCUT2D eigenvalue weighted by molar-refractivity contribution is 6.31. The van der Waals surface area contributed by atoms with Crippen molar-refractivity contribution in [1.82, 2.24) is 10.2 Å². The van der Waals surface area contributed by atoms with Crippen molar-refractivity contribution in [2.45, 2.75) is 45.6 Å². The second-order valence-electron chi connectivity index (χ2n) is 7.83. The highest BCUT2D eigenvalue weighted by atomic mass is 35.5. The van der Waals surface area contributed by atoms with Crippen LogP contribution in [0, 0.1) is 13.8 Å². The largest absolute Gasteiger partial charge is 0.484 e. The maximum absolute atomic E-state index is 12.5. The number of nitrogens with one attached hydrogen (secondary N) is 1. The van der Waals surface area contributed by atoms with Gasteiger partial charge in [0.2, 0.25) is 0 Å². The van der Waals surface area contributed by atoms with Crippen LogP contribution in [-0.2, 0) is 4.79 Å². The van der Waals surface area contributed by atoms with Crippen LogP contribution < -0.4 is 10.1 Å². The lowest BCUT2D eigenvalue weighted by Crippen LogP contribution is -2.40. The van der Waals surface area contributed by atoms with Gasteiger partial charge in [0.05, 0.1) is 6.04 Å². The molecule has 1 N–H and O–H groups in total. The first-order chi connectivity index (χ1) is 14.0. The van der Waals surface area contributed by atoms with E-state index < -0.39 is 0 Å². The van der Waals surface area contributed by atoms with Gasteiger partial charge in [0.25, 0.3) is 5.91 Å². The molecule has 0 bridgehead atoms. The summed E-state index contributed by atoms with van der Waals surface area (Å²) in [6.07, 6.45) is 4.90. The molecule has 2 aromatic rings. The fraction of sp³-hybridized carbons (Fsp3) is 0.458. The molecule has 0 spiro atoms. The Bertz CT molecular complexity index is 821. The van der Waals surface area contributed by atoms with Crippen LogP contribution >= 0.6 is 24.0 Å². The van der Waals surface area contributed by atoms with Gasteiger partial charge in [-0.1, -0.05) is 48.7 Å². The number of ether oxygens (including phenoxy) is 1. The summed E-state index contributed by atoms with van der Waals surface area (Å²) in [5.41, 5.74) is 3.44. The Hall–Kier alpha value is -1.75. The molecular weight excluding hydrogens is 419 g/mol. The molecule has 1 fully saturated rings. The molecule has 0 radical (unpaired) electrons. The predicted molar refractivity (Wildman–Crippen MR) is 126 cm³/mol. The molecule has 1 unspecified atom stereocenters. The van der Waals surface area contributed by atoms with Crippen LogP contribution in [0.1, 0.15) is 48.4 Å². The van der Waals surface area contributed by atoms with E-state index in [2.05, 4.69) is 23.2 Å². The fourth-order valence-corrected chi connectivity index (χ4v) is 4.06. The van der Waals surface area contributed by atoms with Gasteiger partial charge in [-0.05, 0) is 74.7 Å². The highest BCUT2D eigenvalue weighted by Gasteiger charge is 2.24. The maximum Gasteiger partial charge on any atom is 0.258 e. The summed E-state index contributed by atoms with van der Waals surface area (Å²) >= 11 is 6.50. The van der Waals surface area contributed by atoms with Gasteiger partial charge in [-0.15, -0.1) is 12.4 Å². The quantitative estimate of drug-likeness (QED) is 0.605. The second-order valence-corrected chi connectivity index (χ2v) is 8.23. The minimum Gasteiger partial charge on any atom is -0.484 e. The lowest BCUT2D eigenvalue weighted by molar-refractivity contribution is -0.123. The van der Waals surface area contributed by atoms with E-state index >= 15 is 0 Å². The van der Waals surface area contributed by atoms with Gasteiger partial charge >= 0.3 is 0 Å². The number of rotatable bonds is 7. The third-order valence-electron chi connectivity index (χ3n) is 5.69. The van der Waals surface area contributed by atoms with Gasteiger partial charge in [0.1, 0.15) is 5.75 Å². The number of benzene rings is 2. The summed E-state index contributed by atoms with van der Waals surface area (Å²) in [5, 5.41) is 3.81. The van der Waals surface area contributed by atoms with E-state index in [-0.39, 0.29) is 31.0 Å². The molecule has 1 atom stereocenters. The van der Waals surface area contributed by atoms with Gasteiger partial charge in [-0.2, -0.15) is 0 Å². The van der Waals surface area contributed by atoms with Gasteiger partial charge in [-0.3, -0.25) is 9.69 Å². The predicted octanol–water partition coefficient (Wildman–Crippen LogP) is 5.49. The van der Waals surface area contributed by atoms with Gasteiger partial charge in [0, 0.05) is 11.6 Å². The molecule has 3 rings (SSSR count). The summed E-state index contributed by atoms with van der Waals surface area (Å²) < 4.78 is 5.68. The fourth-order valence-electron chi connectivity index (χ4n) is 3.80. The molecule has 2 aromatic carbocycles. The molecular formula is C24H32Cl2N2O2. The molecule has 1 heterocycles. The lowest BCUT2D eigenvalue weighted by Gasteiger charge is -2.31.